The highest BCUT2D eigenvalue weighted by molar-refractivity contribution is 5.76. The molecule has 2 fully saturated rings. The zero-order valence-corrected chi connectivity index (χ0v) is 10.2. The summed E-state index contributed by atoms with van der Waals surface area (Å²) >= 11 is 0. The van der Waals surface area contributed by atoms with E-state index in [1.807, 2.05) is 0 Å². The molecular formula is C13H23NO2. The van der Waals surface area contributed by atoms with E-state index >= 15 is 0 Å². The van der Waals surface area contributed by atoms with Gasteiger partial charge < -0.3 is 10.4 Å². The van der Waals surface area contributed by atoms with Crippen molar-refractivity contribution in [3.63, 3.8) is 0 Å². The zero-order chi connectivity index (χ0) is 11.6. The maximum absolute atomic E-state index is 11.6. The van der Waals surface area contributed by atoms with Crippen LogP contribution in [-0.2, 0) is 4.79 Å². The van der Waals surface area contributed by atoms with Crippen molar-refractivity contribution in [2.45, 2.75) is 45.4 Å². The van der Waals surface area contributed by atoms with Crippen molar-refractivity contribution in [2.75, 3.05) is 13.1 Å². The van der Waals surface area contributed by atoms with Gasteiger partial charge in [0.1, 0.15) is 0 Å². The Morgan fingerprint density at radius 1 is 1.44 bits per heavy atom. The third-order valence-electron chi connectivity index (χ3n) is 4.76. The summed E-state index contributed by atoms with van der Waals surface area (Å²) in [6.07, 6.45) is 6.82. The molecule has 92 valence electrons. The lowest BCUT2D eigenvalue weighted by Crippen LogP contribution is -2.45. The summed E-state index contributed by atoms with van der Waals surface area (Å²) < 4.78 is 0. The third-order valence-corrected chi connectivity index (χ3v) is 4.76. The largest absolute Gasteiger partial charge is 0.481 e. The van der Waals surface area contributed by atoms with Gasteiger partial charge in [-0.25, -0.2) is 0 Å². The molecular weight excluding hydrogens is 202 g/mol. The first kappa shape index (κ1) is 11.9. The molecule has 0 amide bonds. The predicted molar refractivity (Wildman–Crippen MR) is 63.3 cm³/mol. The standard InChI is InChI=1S/C13H23NO2/c1-2-10-5-3-4-6-11(10)13(12(15)16)7-8-14-9-13/h10-11,14H,2-9H2,1H3,(H,15,16). The van der Waals surface area contributed by atoms with E-state index in [-0.39, 0.29) is 0 Å². The molecule has 0 radical (unpaired) electrons. The molecule has 0 aromatic rings. The van der Waals surface area contributed by atoms with Crippen molar-refractivity contribution < 1.29 is 9.90 Å². The maximum Gasteiger partial charge on any atom is 0.311 e. The molecule has 16 heavy (non-hydrogen) atoms. The van der Waals surface area contributed by atoms with Crippen LogP contribution < -0.4 is 5.32 Å². The van der Waals surface area contributed by atoms with Gasteiger partial charge in [0.15, 0.2) is 0 Å². The van der Waals surface area contributed by atoms with E-state index in [0.29, 0.717) is 18.4 Å². The predicted octanol–water partition coefficient (Wildman–Crippen LogP) is 2.27. The summed E-state index contributed by atoms with van der Waals surface area (Å²) in [5.41, 5.74) is -0.457. The Kier molecular flexibility index (Phi) is 3.53. The van der Waals surface area contributed by atoms with Gasteiger partial charge in [0.05, 0.1) is 5.41 Å². The molecule has 0 bridgehead atoms. The van der Waals surface area contributed by atoms with Gasteiger partial charge in [-0.05, 0) is 31.2 Å². The van der Waals surface area contributed by atoms with Gasteiger partial charge in [0.25, 0.3) is 0 Å². The molecule has 3 heteroatoms. The highest BCUT2D eigenvalue weighted by Crippen LogP contribution is 2.47. The van der Waals surface area contributed by atoms with E-state index in [2.05, 4.69) is 12.2 Å². The topological polar surface area (TPSA) is 49.3 Å². The minimum atomic E-state index is -0.567. The molecule has 1 aliphatic carbocycles. The van der Waals surface area contributed by atoms with E-state index in [9.17, 15) is 9.90 Å². The van der Waals surface area contributed by atoms with Crippen LogP contribution in [0.25, 0.3) is 0 Å². The Labute approximate surface area is 97.6 Å². The van der Waals surface area contributed by atoms with E-state index in [4.69, 9.17) is 0 Å². The molecule has 0 spiro atoms. The van der Waals surface area contributed by atoms with Gasteiger partial charge >= 0.3 is 5.97 Å². The number of nitrogens with one attached hydrogen (secondary N) is 1. The van der Waals surface area contributed by atoms with Crippen molar-refractivity contribution in [2.24, 2.45) is 17.3 Å². The van der Waals surface area contributed by atoms with Crippen molar-refractivity contribution >= 4 is 5.97 Å². The first-order valence-corrected chi connectivity index (χ1v) is 6.65. The molecule has 2 N–H and O–H groups in total. The average molecular weight is 225 g/mol. The SMILES string of the molecule is CCC1CCCCC1C1(C(=O)O)CCNC1. The molecule has 1 saturated carbocycles. The molecule has 2 aliphatic rings. The van der Waals surface area contributed by atoms with E-state index in [1.165, 1.54) is 19.3 Å². The maximum atomic E-state index is 11.6. The lowest BCUT2D eigenvalue weighted by Gasteiger charge is -2.41. The number of carbonyl (C=O) groups is 1. The number of carboxylic acid groups (broad SMARTS) is 1. The van der Waals surface area contributed by atoms with Crippen molar-refractivity contribution in [1.82, 2.24) is 5.32 Å². The van der Waals surface area contributed by atoms with E-state index in [1.54, 1.807) is 0 Å². The Hall–Kier alpha value is -0.570. The summed E-state index contributed by atoms with van der Waals surface area (Å²) in [6, 6.07) is 0. The second-order valence-corrected chi connectivity index (χ2v) is 5.45. The van der Waals surface area contributed by atoms with Gasteiger partial charge in [0, 0.05) is 6.54 Å². The third kappa shape index (κ3) is 1.86. The van der Waals surface area contributed by atoms with Crippen LogP contribution in [0.4, 0.5) is 0 Å². The second-order valence-electron chi connectivity index (χ2n) is 5.45. The lowest BCUT2D eigenvalue weighted by atomic mass is 9.62. The van der Waals surface area contributed by atoms with Crippen LogP contribution in [0.1, 0.15) is 45.4 Å². The fraction of sp³-hybridized carbons (Fsp3) is 0.923. The van der Waals surface area contributed by atoms with Crippen LogP contribution in [-0.4, -0.2) is 24.2 Å². The van der Waals surface area contributed by atoms with Gasteiger partial charge in [-0.1, -0.05) is 32.6 Å². The highest BCUT2D eigenvalue weighted by Gasteiger charge is 2.50. The molecule has 3 nitrogen and oxygen atoms in total. The Morgan fingerprint density at radius 3 is 2.75 bits per heavy atom. The highest BCUT2D eigenvalue weighted by atomic mass is 16.4. The average Bonchev–Trinajstić information content (AvgIpc) is 2.79. The van der Waals surface area contributed by atoms with Gasteiger partial charge in [-0.3, -0.25) is 4.79 Å². The summed E-state index contributed by atoms with van der Waals surface area (Å²) in [7, 11) is 0. The van der Waals surface area contributed by atoms with Gasteiger partial charge in [-0.2, -0.15) is 0 Å². The zero-order valence-electron chi connectivity index (χ0n) is 10.2. The lowest BCUT2D eigenvalue weighted by molar-refractivity contribution is -0.153. The Bertz CT molecular complexity index is 259. The van der Waals surface area contributed by atoms with Crippen LogP contribution >= 0.6 is 0 Å². The Morgan fingerprint density at radius 2 is 2.19 bits per heavy atom. The molecule has 3 atom stereocenters. The smallest absolute Gasteiger partial charge is 0.311 e. The van der Waals surface area contributed by atoms with Crippen molar-refractivity contribution in [1.29, 1.82) is 0 Å². The number of aliphatic carboxylic acids is 1. The number of rotatable bonds is 3. The van der Waals surface area contributed by atoms with Crippen LogP contribution in [0, 0.1) is 17.3 Å². The summed E-state index contributed by atoms with van der Waals surface area (Å²) in [4.78, 5) is 11.6. The molecule has 3 unspecified atom stereocenters. The summed E-state index contributed by atoms with van der Waals surface area (Å²) in [6.45, 7) is 3.77. The molecule has 0 aromatic heterocycles. The van der Waals surface area contributed by atoms with E-state index < -0.39 is 11.4 Å². The molecule has 2 rings (SSSR count). The normalized spacial score (nSPS) is 39.8. The van der Waals surface area contributed by atoms with Crippen molar-refractivity contribution in [3.8, 4) is 0 Å². The Balaban J connectivity index is 2.20. The van der Waals surface area contributed by atoms with Crippen molar-refractivity contribution in [3.05, 3.63) is 0 Å². The molecule has 0 aromatic carbocycles. The van der Waals surface area contributed by atoms with Crippen LogP contribution in [0.2, 0.25) is 0 Å². The van der Waals surface area contributed by atoms with E-state index in [0.717, 1.165) is 25.8 Å². The molecule has 1 saturated heterocycles. The summed E-state index contributed by atoms with van der Waals surface area (Å²) in [5.74, 6) is 0.464. The summed E-state index contributed by atoms with van der Waals surface area (Å²) in [5, 5.41) is 12.8. The van der Waals surface area contributed by atoms with Crippen LogP contribution in [0.15, 0.2) is 0 Å². The minimum Gasteiger partial charge on any atom is -0.481 e. The fourth-order valence-electron chi connectivity index (χ4n) is 3.79. The monoisotopic (exact) mass is 225 g/mol. The number of hydrogen-bond acceptors (Lipinski definition) is 2. The fourth-order valence-corrected chi connectivity index (χ4v) is 3.79. The number of hydrogen-bond donors (Lipinski definition) is 2. The molecule has 1 heterocycles. The minimum absolute atomic E-state index is 0.402. The van der Waals surface area contributed by atoms with Crippen LogP contribution in [0.5, 0.6) is 0 Å². The van der Waals surface area contributed by atoms with Gasteiger partial charge in [-0.15, -0.1) is 0 Å². The second kappa shape index (κ2) is 4.74. The first-order valence-electron chi connectivity index (χ1n) is 6.65. The van der Waals surface area contributed by atoms with Gasteiger partial charge in [0.2, 0.25) is 0 Å². The number of carboxylic acids is 1. The van der Waals surface area contributed by atoms with Crippen LogP contribution in [0.3, 0.4) is 0 Å². The quantitative estimate of drug-likeness (QED) is 0.774. The molecule has 1 aliphatic heterocycles. The first-order chi connectivity index (χ1) is 7.70.